The van der Waals surface area contributed by atoms with Crippen molar-refractivity contribution in [1.29, 1.82) is 5.41 Å². The summed E-state index contributed by atoms with van der Waals surface area (Å²) >= 11 is 7.69. The molecule has 0 atom stereocenters. The van der Waals surface area contributed by atoms with Crippen LogP contribution in [0.4, 0.5) is 0 Å². The number of fused-ring (bicyclic) bond motifs is 1. The van der Waals surface area contributed by atoms with E-state index in [-0.39, 0.29) is 11.4 Å². The van der Waals surface area contributed by atoms with Crippen LogP contribution >= 0.6 is 23.4 Å². The number of halogens is 1. The second-order valence-corrected chi connectivity index (χ2v) is 8.81. The van der Waals surface area contributed by atoms with Crippen LogP contribution < -0.4 is 0 Å². The number of rotatable bonds is 4. The van der Waals surface area contributed by atoms with Crippen molar-refractivity contribution in [3.05, 3.63) is 57.4 Å². The van der Waals surface area contributed by atoms with Gasteiger partial charge >= 0.3 is 0 Å². The monoisotopic (exact) mass is 439 g/mol. The number of amidine groups is 2. The van der Waals surface area contributed by atoms with Gasteiger partial charge in [-0.3, -0.25) is 10.2 Å². The molecule has 4 rings (SSSR count). The number of hydrogen-bond donors (Lipinski definition) is 1. The number of nitrogens with zero attached hydrogens (tertiary/aromatic N) is 4. The lowest BCUT2D eigenvalue weighted by Crippen LogP contribution is -2.35. The summed E-state index contributed by atoms with van der Waals surface area (Å²) in [4.78, 5) is 16.8. The van der Waals surface area contributed by atoms with Crippen molar-refractivity contribution in [1.82, 2.24) is 9.58 Å². The summed E-state index contributed by atoms with van der Waals surface area (Å²) in [6, 6.07) is 7.94. The van der Waals surface area contributed by atoms with E-state index in [2.05, 4.69) is 21.6 Å². The number of thioether (sulfide) groups is 1. The van der Waals surface area contributed by atoms with Gasteiger partial charge in [-0.1, -0.05) is 24.6 Å². The number of aliphatic imine (C=N–C) groups is 1. The van der Waals surface area contributed by atoms with E-state index in [1.165, 1.54) is 16.8 Å². The van der Waals surface area contributed by atoms with E-state index in [0.29, 0.717) is 10.2 Å². The van der Waals surface area contributed by atoms with E-state index >= 15 is 0 Å². The molecule has 1 aromatic heterocycles. The summed E-state index contributed by atoms with van der Waals surface area (Å²) in [7, 11) is 0. The summed E-state index contributed by atoms with van der Waals surface area (Å²) in [5, 5.41) is 16.5. The molecule has 0 saturated heterocycles. The molecule has 8 heteroatoms. The zero-order valence-electron chi connectivity index (χ0n) is 17.3. The molecule has 2 aliphatic rings. The number of hydrogen-bond acceptors (Lipinski definition) is 4. The maximum atomic E-state index is 12.7. The predicted octanol–water partition coefficient (Wildman–Crippen LogP) is 5.48. The molecule has 0 fully saturated rings. The Morgan fingerprint density at radius 1 is 1.23 bits per heavy atom. The molecule has 0 saturated carbocycles. The van der Waals surface area contributed by atoms with Gasteiger partial charge in [-0.25, -0.2) is 0 Å². The van der Waals surface area contributed by atoms with Gasteiger partial charge in [0.2, 0.25) is 5.17 Å². The SMILES string of the molecule is CCCC1=NN2C(=N)/C(=C/c3cc(C)n(-c4ccc(C)c(Cl)c4)c3C)C(=O)N=C2S1. The van der Waals surface area contributed by atoms with Crippen LogP contribution in [0, 0.1) is 26.2 Å². The number of hydrazone groups is 1. The zero-order chi connectivity index (χ0) is 21.6. The maximum Gasteiger partial charge on any atom is 0.283 e. The van der Waals surface area contributed by atoms with Crippen LogP contribution in [0.15, 0.2) is 39.9 Å². The quantitative estimate of drug-likeness (QED) is 0.641. The lowest BCUT2D eigenvalue weighted by molar-refractivity contribution is -0.114. The molecule has 1 amide bonds. The Hall–Kier alpha value is -2.64. The third-order valence-corrected chi connectivity index (χ3v) is 6.52. The van der Waals surface area contributed by atoms with Gasteiger partial charge < -0.3 is 4.57 Å². The van der Waals surface area contributed by atoms with Crippen LogP contribution in [-0.2, 0) is 4.79 Å². The number of nitrogens with one attached hydrogen (secondary N) is 1. The summed E-state index contributed by atoms with van der Waals surface area (Å²) in [5.74, 6) is -0.346. The molecular weight excluding hydrogens is 418 g/mol. The Labute approximate surface area is 184 Å². The van der Waals surface area contributed by atoms with E-state index < -0.39 is 5.91 Å². The third kappa shape index (κ3) is 3.52. The van der Waals surface area contributed by atoms with Gasteiger partial charge in [0.1, 0.15) is 5.04 Å². The van der Waals surface area contributed by atoms with Crippen molar-refractivity contribution >= 4 is 51.4 Å². The molecule has 0 unspecified atom stereocenters. The number of carbonyl (C=O) groups is 1. The first-order chi connectivity index (χ1) is 14.3. The van der Waals surface area contributed by atoms with Gasteiger partial charge in [-0.05, 0) is 80.8 Å². The number of benzene rings is 1. The van der Waals surface area contributed by atoms with Crippen LogP contribution in [-0.4, -0.2) is 31.5 Å². The zero-order valence-corrected chi connectivity index (χ0v) is 18.9. The molecule has 0 spiro atoms. The number of aromatic nitrogens is 1. The molecule has 6 nitrogen and oxygen atoms in total. The van der Waals surface area contributed by atoms with Gasteiger partial charge in [0, 0.05) is 22.1 Å². The molecule has 154 valence electrons. The van der Waals surface area contributed by atoms with Gasteiger partial charge in [0.25, 0.3) is 5.91 Å². The van der Waals surface area contributed by atoms with Crippen molar-refractivity contribution in [3.63, 3.8) is 0 Å². The van der Waals surface area contributed by atoms with Crippen LogP contribution in [0.5, 0.6) is 0 Å². The van der Waals surface area contributed by atoms with Gasteiger partial charge in [0.15, 0.2) is 5.84 Å². The van der Waals surface area contributed by atoms with Crippen LogP contribution in [0.3, 0.4) is 0 Å². The molecule has 0 aliphatic carbocycles. The molecule has 1 aromatic carbocycles. The topological polar surface area (TPSA) is 73.8 Å². The Morgan fingerprint density at radius 2 is 2.00 bits per heavy atom. The standard InChI is InChI=1S/C22H22ClN5OS/c1-5-6-19-26-28-20(24)17(21(29)25-22(28)30-19)10-15-9-13(3)27(14(15)4)16-8-7-12(2)18(23)11-16/h7-11,24H,5-6H2,1-4H3/b17-10-,24-20?. The third-order valence-electron chi connectivity index (χ3n) is 5.14. The molecule has 3 heterocycles. The van der Waals surface area contributed by atoms with Crippen molar-refractivity contribution < 1.29 is 4.79 Å². The summed E-state index contributed by atoms with van der Waals surface area (Å²) in [6.45, 7) is 8.03. The molecule has 0 radical (unpaired) electrons. The normalized spacial score (nSPS) is 17.5. The second kappa shape index (κ2) is 7.89. The molecule has 1 N–H and O–H groups in total. The highest BCUT2D eigenvalue weighted by Gasteiger charge is 2.35. The minimum absolute atomic E-state index is 0.0618. The first-order valence-corrected chi connectivity index (χ1v) is 10.9. The van der Waals surface area contributed by atoms with Crippen molar-refractivity contribution in [2.24, 2.45) is 10.1 Å². The Morgan fingerprint density at radius 3 is 2.70 bits per heavy atom. The van der Waals surface area contributed by atoms with Crippen molar-refractivity contribution in [2.75, 3.05) is 0 Å². The van der Waals surface area contributed by atoms with Gasteiger partial charge in [0.05, 0.1) is 5.57 Å². The van der Waals surface area contributed by atoms with Crippen molar-refractivity contribution in [3.8, 4) is 5.69 Å². The Balaban J connectivity index is 1.73. The fourth-order valence-electron chi connectivity index (χ4n) is 3.55. The van der Waals surface area contributed by atoms with E-state index in [1.54, 1.807) is 6.08 Å². The lowest BCUT2D eigenvalue weighted by Gasteiger charge is -2.20. The average Bonchev–Trinajstić information content (AvgIpc) is 3.21. The first-order valence-electron chi connectivity index (χ1n) is 9.74. The van der Waals surface area contributed by atoms with E-state index in [9.17, 15) is 4.79 Å². The average molecular weight is 440 g/mol. The molecule has 2 aliphatic heterocycles. The number of aryl methyl sites for hydroxylation is 2. The number of carbonyl (C=O) groups excluding carboxylic acids is 1. The predicted molar refractivity (Wildman–Crippen MR) is 125 cm³/mol. The van der Waals surface area contributed by atoms with E-state index in [1.807, 2.05) is 45.0 Å². The minimum atomic E-state index is -0.408. The summed E-state index contributed by atoms with van der Waals surface area (Å²) in [6.07, 6.45) is 3.49. The van der Waals surface area contributed by atoms with Crippen LogP contribution in [0.25, 0.3) is 11.8 Å². The highest BCUT2D eigenvalue weighted by Crippen LogP contribution is 2.31. The smallest absolute Gasteiger partial charge is 0.283 e. The maximum absolute atomic E-state index is 12.7. The van der Waals surface area contributed by atoms with Crippen LogP contribution in [0.1, 0.15) is 42.3 Å². The molecule has 30 heavy (non-hydrogen) atoms. The fourth-order valence-corrected chi connectivity index (χ4v) is 4.72. The van der Waals surface area contributed by atoms with E-state index in [4.69, 9.17) is 17.0 Å². The summed E-state index contributed by atoms with van der Waals surface area (Å²) < 4.78 is 2.09. The number of amides is 1. The minimum Gasteiger partial charge on any atom is -0.318 e. The molecule has 2 aromatic rings. The van der Waals surface area contributed by atoms with Crippen molar-refractivity contribution in [2.45, 2.75) is 40.5 Å². The van der Waals surface area contributed by atoms with E-state index in [0.717, 1.165) is 46.1 Å². The molecule has 0 bridgehead atoms. The summed E-state index contributed by atoms with van der Waals surface area (Å²) in [5.41, 5.74) is 5.05. The molecular formula is C22H22ClN5OS. The largest absolute Gasteiger partial charge is 0.318 e. The second-order valence-electron chi connectivity index (χ2n) is 7.36. The van der Waals surface area contributed by atoms with Crippen LogP contribution in [0.2, 0.25) is 5.02 Å². The first kappa shape index (κ1) is 20.6. The fraction of sp³-hybridized carbons (Fsp3) is 0.273. The highest BCUT2D eigenvalue weighted by molar-refractivity contribution is 8.26. The Bertz CT molecular complexity index is 1170. The van der Waals surface area contributed by atoms with Gasteiger partial charge in [-0.15, -0.1) is 0 Å². The lowest BCUT2D eigenvalue weighted by atomic mass is 10.1. The van der Waals surface area contributed by atoms with Gasteiger partial charge in [-0.2, -0.15) is 15.1 Å². The Kier molecular flexibility index (Phi) is 5.42. The highest BCUT2D eigenvalue weighted by atomic mass is 35.5.